The Labute approximate surface area is 276 Å². The second-order valence-corrected chi connectivity index (χ2v) is 12.8. The molecule has 0 atom stereocenters. The topological polar surface area (TPSA) is 38.7 Å². The van der Waals surface area contributed by atoms with Crippen LogP contribution in [0.4, 0.5) is 0 Å². The summed E-state index contributed by atoms with van der Waals surface area (Å²) in [6.07, 6.45) is 3.68. The van der Waals surface area contributed by atoms with Crippen LogP contribution in [0, 0.1) is 0 Å². The molecule has 0 aliphatic rings. The first-order chi connectivity index (χ1) is 23.2. The SMILES string of the molecule is c1cncc(-c2ccc(-c3nc(-c4ccc(-c5ccc6ccccc6c5)cc4)cc(-c4ccc5sc6ccccc6c5c4)n3)cc2)c1. The van der Waals surface area contributed by atoms with E-state index in [1.165, 1.54) is 42.1 Å². The first kappa shape index (κ1) is 27.3. The highest BCUT2D eigenvalue weighted by molar-refractivity contribution is 7.25. The zero-order chi connectivity index (χ0) is 31.2. The van der Waals surface area contributed by atoms with Gasteiger partial charge in [-0.05, 0) is 69.4 Å². The van der Waals surface area contributed by atoms with Crippen LogP contribution in [0.5, 0.6) is 0 Å². The number of pyridine rings is 1. The van der Waals surface area contributed by atoms with Gasteiger partial charge in [0.15, 0.2) is 5.82 Å². The van der Waals surface area contributed by atoms with E-state index in [1.54, 1.807) is 6.20 Å². The molecule has 0 bridgehead atoms. The Morgan fingerprint density at radius 2 is 1.02 bits per heavy atom. The van der Waals surface area contributed by atoms with Crippen molar-refractivity contribution in [3.63, 3.8) is 0 Å². The van der Waals surface area contributed by atoms with Gasteiger partial charge in [-0.15, -0.1) is 11.3 Å². The quantitative estimate of drug-likeness (QED) is 0.193. The summed E-state index contributed by atoms with van der Waals surface area (Å²) in [6, 6.07) is 53.7. The molecule has 220 valence electrons. The van der Waals surface area contributed by atoms with Crippen molar-refractivity contribution in [1.29, 1.82) is 0 Å². The summed E-state index contributed by atoms with van der Waals surface area (Å²) >= 11 is 1.83. The van der Waals surface area contributed by atoms with Crippen LogP contribution in [-0.4, -0.2) is 15.0 Å². The summed E-state index contributed by atoms with van der Waals surface area (Å²) in [6.45, 7) is 0. The standard InChI is InChI=1S/C43H27N3S/c1-2-7-33-24-34(20-15-28(33)6-1)29-11-16-31(17-12-29)39-26-40(35-21-22-42-38(25-35)37-9-3-4-10-41(37)47-42)46-43(45-39)32-18-13-30(14-19-32)36-8-5-23-44-27-36/h1-27H. The van der Waals surface area contributed by atoms with Crippen molar-refractivity contribution in [3.05, 3.63) is 164 Å². The van der Waals surface area contributed by atoms with Crippen LogP contribution in [0.15, 0.2) is 164 Å². The van der Waals surface area contributed by atoms with E-state index in [4.69, 9.17) is 9.97 Å². The maximum absolute atomic E-state index is 5.15. The van der Waals surface area contributed by atoms with Gasteiger partial charge in [0.2, 0.25) is 0 Å². The van der Waals surface area contributed by atoms with E-state index in [2.05, 4.69) is 151 Å². The van der Waals surface area contributed by atoms with Gasteiger partial charge in [0.05, 0.1) is 11.4 Å². The van der Waals surface area contributed by atoms with Crippen molar-refractivity contribution < 1.29 is 0 Å². The van der Waals surface area contributed by atoms with Gasteiger partial charge in [-0.1, -0.05) is 115 Å². The maximum atomic E-state index is 5.15. The average molecular weight is 618 g/mol. The van der Waals surface area contributed by atoms with Gasteiger partial charge in [-0.3, -0.25) is 4.98 Å². The van der Waals surface area contributed by atoms with E-state index in [0.29, 0.717) is 5.82 Å². The molecule has 0 unspecified atom stereocenters. The lowest BCUT2D eigenvalue weighted by Gasteiger charge is -2.11. The highest BCUT2D eigenvalue weighted by Crippen LogP contribution is 2.37. The Kier molecular flexibility index (Phi) is 6.65. The highest BCUT2D eigenvalue weighted by Gasteiger charge is 2.14. The molecule has 0 aliphatic heterocycles. The first-order valence-corrected chi connectivity index (χ1v) is 16.5. The molecule has 0 saturated carbocycles. The normalized spacial score (nSPS) is 11.4. The third-order valence-electron chi connectivity index (χ3n) is 8.80. The minimum absolute atomic E-state index is 0.698. The minimum atomic E-state index is 0.698. The fourth-order valence-electron chi connectivity index (χ4n) is 6.31. The first-order valence-electron chi connectivity index (χ1n) is 15.7. The van der Waals surface area contributed by atoms with Crippen molar-refractivity contribution in [3.8, 4) is 56.2 Å². The van der Waals surface area contributed by atoms with Crippen LogP contribution in [0.3, 0.4) is 0 Å². The van der Waals surface area contributed by atoms with Crippen LogP contribution in [0.1, 0.15) is 0 Å². The van der Waals surface area contributed by atoms with Gasteiger partial charge in [-0.25, -0.2) is 9.97 Å². The molecule has 6 aromatic carbocycles. The number of aromatic nitrogens is 3. The fraction of sp³-hybridized carbons (Fsp3) is 0. The Morgan fingerprint density at radius 3 is 1.83 bits per heavy atom. The summed E-state index contributed by atoms with van der Waals surface area (Å²) in [5, 5.41) is 5.02. The van der Waals surface area contributed by atoms with Crippen LogP contribution < -0.4 is 0 Å². The third-order valence-corrected chi connectivity index (χ3v) is 9.95. The molecule has 0 N–H and O–H groups in total. The Balaban J connectivity index is 1.15. The predicted octanol–water partition coefficient (Wildman–Crippen LogP) is 11.7. The number of nitrogens with zero attached hydrogens (tertiary/aromatic N) is 3. The number of rotatable bonds is 5. The number of thiophene rings is 1. The second kappa shape index (κ2) is 11.4. The number of fused-ring (bicyclic) bond motifs is 4. The van der Waals surface area contributed by atoms with Gasteiger partial charge in [0.25, 0.3) is 0 Å². The van der Waals surface area contributed by atoms with Gasteiger partial charge in [-0.2, -0.15) is 0 Å². The largest absolute Gasteiger partial charge is 0.264 e. The van der Waals surface area contributed by atoms with Gasteiger partial charge < -0.3 is 0 Å². The maximum Gasteiger partial charge on any atom is 0.160 e. The van der Waals surface area contributed by atoms with E-state index in [1.807, 2.05) is 23.6 Å². The number of benzene rings is 6. The molecule has 9 aromatic rings. The molecule has 9 rings (SSSR count). The third kappa shape index (κ3) is 5.15. The molecule has 0 aliphatic carbocycles. The monoisotopic (exact) mass is 617 g/mol. The van der Waals surface area contributed by atoms with Crippen molar-refractivity contribution in [2.24, 2.45) is 0 Å². The minimum Gasteiger partial charge on any atom is -0.264 e. The lowest BCUT2D eigenvalue weighted by atomic mass is 9.99. The van der Waals surface area contributed by atoms with Crippen molar-refractivity contribution in [2.75, 3.05) is 0 Å². The molecular formula is C43H27N3S. The van der Waals surface area contributed by atoms with E-state index in [-0.39, 0.29) is 0 Å². The average Bonchev–Trinajstić information content (AvgIpc) is 3.53. The molecule has 3 aromatic heterocycles. The Hall–Kier alpha value is -5.97. The highest BCUT2D eigenvalue weighted by atomic mass is 32.1. The Morgan fingerprint density at radius 1 is 0.383 bits per heavy atom. The molecule has 47 heavy (non-hydrogen) atoms. The van der Waals surface area contributed by atoms with Crippen LogP contribution in [0.25, 0.3) is 87.1 Å². The number of hydrogen-bond acceptors (Lipinski definition) is 4. The van der Waals surface area contributed by atoms with E-state index in [0.717, 1.165) is 39.2 Å². The molecule has 0 spiro atoms. The zero-order valence-corrected chi connectivity index (χ0v) is 26.2. The molecular weight excluding hydrogens is 591 g/mol. The molecule has 0 radical (unpaired) electrons. The predicted molar refractivity (Wildman–Crippen MR) is 197 cm³/mol. The fourth-order valence-corrected chi connectivity index (χ4v) is 7.39. The summed E-state index contributed by atoms with van der Waals surface area (Å²) < 4.78 is 2.57. The zero-order valence-electron chi connectivity index (χ0n) is 25.3. The summed E-state index contributed by atoms with van der Waals surface area (Å²) in [7, 11) is 0. The summed E-state index contributed by atoms with van der Waals surface area (Å²) in [4.78, 5) is 14.6. The number of hydrogen-bond donors (Lipinski definition) is 0. The molecule has 4 heteroatoms. The summed E-state index contributed by atoms with van der Waals surface area (Å²) in [5.74, 6) is 0.698. The van der Waals surface area contributed by atoms with Gasteiger partial charge in [0, 0.05) is 49.3 Å². The lowest BCUT2D eigenvalue weighted by Crippen LogP contribution is -1.96. The smallest absolute Gasteiger partial charge is 0.160 e. The van der Waals surface area contributed by atoms with E-state index >= 15 is 0 Å². The van der Waals surface area contributed by atoms with Gasteiger partial charge in [0.1, 0.15) is 0 Å². The lowest BCUT2D eigenvalue weighted by molar-refractivity contribution is 1.18. The molecule has 3 heterocycles. The van der Waals surface area contributed by atoms with Gasteiger partial charge >= 0.3 is 0 Å². The molecule has 0 amide bonds. The molecule has 0 fully saturated rings. The van der Waals surface area contributed by atoms with Crippen LogP contribution >= 0.6 is 11.3 Å². The van der Waals surface area contributed by atoms with Crippen molar-refractivity contribution in [1.82, 2.24) is 15.0 Å². The summed E-state index contributed by atoms with van der Waals surface area (Å²) in [5.41, 5.74) is 9.45. The van der Waals surface area contributed by atoms with Crippen molar-refractivity contribution >= 4 is 42.3 Å². The second-order valence-electron chi connectivity index (χ2n) is 11.7. The Bertz CT molecular complexity index is 2550. The van der Waals surface area contributed by atoms with Crippen molar-refractivity contribution in [2.45, 2.75) is 0 Å². The van der Waals surface area contributed by atoms with E-state index < -0.39 is 0 Å². The van der Waals surface area contributed by atoms with Crippen LogP contribution in [0.2, 0.25) is 0 Å². The molecule has 0 saturated heterocycles. The van der Waals surface area contributed by atoms with E-state index in [9.17, 15) is 0 Å². The molecule has 3 nitrogen and oxygen atoms in total. The van der Waals surface area contributed by atoms with Crippen LogP contribution in [-0.2, 0) is 0 Å².